The summed E-state index contributed by atoms with van der Waals surface area (Å²) >= 11 is 6.16. The first-order valence-corrected chi connectivity index (χ1v) is 7.66. The maximum absolute atomic E-state index is 13.2. The van der Waals surface area contributed by atoms with Crippen molar-refractivity contribution in [3.63, 3.8) is 0 Å². The lowest BCUT2D eigenvalue weighted by molar-refractivity contribution is -0.115. The second-order valence-corrected chi connectivity index (χ2v) is 5.58. The summed E-state index contributed by atoms with van der Waals surface area (Å²) in [6, 6.07) is 7.29. The van der Waals surface area contributed by atoms with E-state index in [9.17, 15) is 9.18 Å². The van der Waals surface area contributed by atoms with Gasteiger partial charge in [0.25, 0.3) is 0 Å². The van der Waals surface area contributed by atoms with Gasteiger partial charge in [-0.25, -0.2) is 4.39 Å². The molecule has 5 nitrogen and oxygen atoms in total. The number of carbonyl (C=O) groups excluding carboxylic acids is 1. The number of nitrogens with one attached hydrogen (secondary N) is 1. The molecule has 0 bridgehead atoms. The fourth-order valence-electron chi connectivity index (χ4n) is 2.41. The third-order valence-electron chi connectivity index (χ3n) is 3.46. The van der Waals surface area contributed by atoms with Crippen molar-refractivity contribution in [1.29, 1.82) is 0 Å². The monoisotopic (exact) mass is 351 g/mol. The van der Waals surface area contributed by atoms with Gasteiger partial charge in [0.05, 0.1) is 24.2 Å². The highest BCUT2D eigenvalue weighted by atomic mass is 35.5. The maximum Gasteiger partial charge on any atom is 0.228 e. The minimum atomic E-state index is -0.441. The van der Waals surface area contributed by atoms with Crippen molar-refractivity contribution in [2.45, 2.75) is 6.42 Å². The smallest absolute Gasteiger partial charge is 0.228 e. The molecular formula is C17H15ClFNO4. The molecule has 0 aromatic heterocycles. The van der Waals surface area contributed by atoms with Crippen molar-refractivity contribution in [3.05, 3.63) is 46.7 Å². The quantitative estimate of drug-likeness (QED) is 0.916. The minimum Gasteiger partial charge on any atom is -0.494 e. The Labute approximate surface area is 143 Å². The van der Waals surface area contributed by atoms with Crippen molar-refractivity contribution in [2.75, 3.05) is 25.6 Å². The molecule has 0 radical (unpaired) electrons. The Morgan fingerprint density at radius 2 is 2.08 bits per heavy atom. The van der Waals surface area contributed by atoms with Gasteiger partial charge in [0.15, 0.2) is 11.5 Å². The largest absolute Gasteiger partial charge is 0.494 e. The van der Waals surface area contributed by atoms with Crippen LogP contribution in [0.25, 0.3) is 0 Å². The highest BCUT2D eigenvalue weighted by Gasteiger charge is 2.18. The Bertz CT molecular complexity index is 781. The molecule has 1 amide bonds. The van der Waals surface area contributed by atoms with E-state index in [1.54, 1.807) is 12.1 Å². The van der Waals surface area contributed by atoms with Crippen molar-refractivity contribution in [1.82, 2.24) is 0 Å². The van der Waals surface area contributed by atoms with E-state index < -0.39 is 5.82 Å². The molecule has 0 unspecified atom stereocenters. The van der Waals surface area contributed by atoms with Gasteiger partial charge in [0.2, 0.25) is 5.91 Å². The fraction of sp³-hybridized carbons (Fsp3) is 0.235. The number of hydrogen-bond acceptors (Lipinski definition) is 4. The first-order chi connectivity index (χ1) is 11.6. The molecule has 0 saturated heterocycles. The maximum atomic E-state index is 13.2. The summed E-state index contributed by atoms with van der Waals surface area (Å²) in [7, 11) is 1.41. The van der Waals surface area contributed by atoms with E-state index in [4.69, 9.17) is 25.8 Å². The number of halogens is 2. The molecule has 24 heavy (non-hydrogen) atoms. The van der Waals surface area contributed by atoms with E-state index in [1.807, 2.05) is 0 Å². The van der Waals surface area contributed by atoms with E-state index in [1.165, 1.54) is 25.3 Å². The van der Waals surface area contributed by atoms with Gasteiger partial charge >= 0.3 is 0 Å². The second-order valence-electron chi connectivity index (χ2n) is 5.17. The molecule has 2 aromatic carbocycles. The van der Waals surface area contributed by atoms with Crippen LogP contribution in [-0.2, 0) is 11.2 Å². The molecule has 7 heteroatoms. The summed E-state index contributed by atoms with van der Waals surface area (Å²) in [5.74, 6) is 0.544. The summed E-state index contributed by atoms with van der Waals surface area (Å²) in [5.41, 5.74) is 1.08. The van der Waals surface area contributed by atoms with Crippen LogP contribution in [0.4, 0.5) is 10.1 Å². The van der Waals surface area contributed by atoms with E-state index in [0.29, 0.717) is 41.0 Å². The molecule has 0 fully saturated rings. The Kier molecular flexibility index (Phi) is 4.76. The van der Waals surface area contributed by atoms with E-state index in [-0.39, 0.29) is 18.1 Å². The average molecular weight is 352 g/mol. The Balaban J connectivity index is 1.75. The van der Waals surface area contributed by atoms with Gasteiger partial charge in [0, 0.05) is 6.07 Å². The number of methoxy groups -OCH3 is 1. The molecule has 0 aliphatic carbocycles. The van der Waals surface area contributed by atoms with Gasteiger partial charge in [-0.15, -0.1) is 0 Å². The van der Waals surface area contributed by atoms with Crippen LogP contribution in [0.1, 0.15) is 5.56 Å². The zero-order valence-electron chi connectivity index (χ0n) is 12.9. The molecule has 126 valence electrons. The normalized spacial score (nSPS) is 12.6. The fourth-order valence-corrected chi connectivity index (χ4v) is 2.70. The predicted molar refractivity (Wildman–Crippen MR) is 87.7 cm³/mol. The summed E-state index contributed by atoms with van der Waals surface area (Å²) in [6.07, 6.45) is 0.0802. The zero-order valence-corrected chi connectivity index (χ0v) is 13.7. The van der Waals surface area contributed by atoms with E-state index >= 15 is 0 Å². The molecule has 1 N–H and O–H groups in total. The first kappa shape index (κ1) is 16.4. The van der Waals surface area contributed by atoms with Crippen LogP contribution in [0.5, 0.6) is 17.2 Å². The minimum absolute atomic E-state index is 0.0802. The average Bonchev–Trinajstić information content (AvgIpc) is 2.56. The number of benzene rings is 2. The summed E-state index contributed by atoms with van der Waals surface area (Å²) in [5, 5.41) is 3.09. The van der Waals surface area contributed by atoms with Crippen molar-refractivity contribution in [3.8, 4) is 17.2 Å². The van der Waals surface area contributed by atoms with Gasteiger partial charge in [-0.05, 0) is 29.8 Å². The molecule has 1 aliphatic rings. The standard InChI is InChI=1S/C17H15ClFNO4/c1-22-14-9-11(19)2-3-13(14)20-16(21)8-10-6-12(18)17-15(7-10)23-4-5-24-17/h2-3,6-7,9H,4-5,8H2,1H3,(H,20,21). The highest BCUT2D eigenvalue weighted by molar-refractivity contribution is 6.32. The van der Waals surface area contributed by atoms with Crippen LogP contribution >= 0.6 is 11.6 Å². The van der Waals surface area contributed by atoms with Gasteiger partial charge < -0.3 is 19.5 Å². The number of ether oxygens (including phenoxy) is 3. The van der Waals surface area contributed by atoms with E-state index in [2.05, 4.69) is 5.32 Å². The zero-order chi connectivity index (χ0) is 17.1. The molecule has 0 spiro atoms. The Morgan fingerprint density at radius 1 is 1.29 bits per heavy atom. The van der Waals surface area contributed by atoms with Crippen LogP contribution in [-0.4, -0.2) is 26.2 Å². The lowest BCUT2D eigenvalue weighted by Crippen LogP contribution is -2.17. The van der Waals surface area contributed by atoms with Crippen molar-refractivity contribution >= 4 is 23.2 Å². The summed E-state index contributed by atoms with van der Waals surface area (Å²) in [4.78, 5) is 12.2. The van der Waals surface area contributed by atoms with Crippen molar-refractivity contribution in [2.24, 2.45) is 0 Å². The predicted octanol–water partition coefficient (Wildman–Crippen LogP) is 3.44. The number of hydrogen-bond donors (Lipinski definition) is 1. The van der Waals surface area contributed by atoms with Crippen LogP contribution < -0.4 is 19.5 Å². The molecule has 1 heterocycles. The molecule has 0 saturated carbocycles. The number of rotatable bonds is 4. The summed E-state index contributed by atoms with van der Waals surface area (Å²) < 4.78 is 29.2. The van der Waals surface area contributed by atoms with E-state index in [0.717, 1.165) is 0 Å². The molecular weight excluding hydrogens is 337 g/mol. The topological polar surface area (TPSA) is 56.8 Å². The lowest BCUT2D eigenvalue weighted by Gasteiger charge is -2.20. The molecule has 3 rings (SSSR count). The molecule has 2 aromatic rings. The summed E-state index contributed by atoms with van der Waals surface area (Å²) in [6.45, 7) is 0.878. The van der Waals surface area contributed by atoms with Crippen LogP contribution in [0.3, 0.4) is 0 Å². The van der Waals surface area contributed by atoms with Gasteiger partial charge in [-0.1, -0.05) is 11.6 Å². The SMILES string of the molecule is COc1cc(F)ccc1NC(=O)Cc1cc(Cl)c2c(c1)OCCO2. The number of fused-ring (bicyclic) bond motifs is 1. The van der Waals surface area contributed by atoms with Gasteiger partial charge in [0.1, 0.15) is 24.8 Å². The Morgan fingerprint density at radius 3 is 2.88 bits per heavy atom. The number of amides is 1. The molecule has 1 aliphatic heterocycles. The van der Waals surface area contributed by atoms with Crippen LogP contribution in [0.15, 0.2) is 30.3 Å². The number of anilines is 1. The van der Waals surface area contributed by atoms with Gasteiger partial charge in [-0.2, -0.15) is 0 Å². The third-order valence-corrected chi connectivity index (χ3v) is 3.74. The first-order valence-electron chi connectivity index (χ1n) is 7.28. The van der Waals surface area contributed by atoms with Crippen LogP contribution in [0.2, 0.25) is 5.02 Å². The highest BCUT2D eigenvalue weighted by Crippen LogP contribution is 2.38. The van der Waals surface area contributed by atoms with Crippen molar-refractivity contribution < 1.29 is 23.4 Å². The third kappa shape index (κ3) is 3.54. The second kappa shape index (κ2) is 6.97. The van der Waals surface area contributed by atoms with Gasteiger partial charge in [-0.3, -0.25) is 4.79 Å². The Hall–Kier alpha value is -2.47. The number of carbonyl (C=O) groups is 1. The lowest BCUT2D eigenvalue weighted by atomic mass is 10.1. The molecule has 0 atom stereocenters. The van der Waals surface area contributed by atoms with Crippen LogP contribution in [0, 0.1) is 5.82 Å².